The highest BCUT2D eigenvalue weighted by molar-refractivity contribution is 7.92. The maximum Gasteiger partial charge on any atom is 0.275 e. The topological polar surface area (TPSA) is 119 Å². The SMILES string of the molecule is Cc1cc(C)nc(NS(=O)(=O)c2ccc(NC(=O)c3c(Cl)c(C)nn3C)cc2)n1. The number of anilines is 2. The third-order valence-electron chi connectivity index (χ3n) is 3.99. The summed E-state index contributed by atoms with van der Waals surface area (Å²) in [5, 5.41) is 7.03. The molecule has 0 saturated carbocycles. The van der Waals surface area contributed by atoms with Gasteiger partial charge in [0.05, 0.1) is 15.6 Å². The number of sulfonamides is 1. The molecule has 0 atom stereocenters. The van der Waals surface area contributed by atoms with E-state index in [-0.39, 0.29) is 21.6 Å². The Hall–Kier alpha value is -2.98. The molecule has 0 aliphatic carbocycles. The third kappa shape index (κ3) is 4.54. The zero-order valence-corrected chi connectivity index (χ0v) is 17.8. The Morgan fingerprint density at radius 3 is 2.17 bits per heavy atom. The second kappa shape index (κ2) is 7.80. The first kappa shape index (κ1) is 20.7. The fourth-order valence-electron chi connectivity index (χ4n) is 2.74. The Morgan fingerprint density at radius 1 is 1.07 bits per heavy atom. The molecule has 9 nitrogen and oxygen atoms in total. The van der Waals surface area contributed by atoms with Crippen molar-refractivity contribution >= 4 is 39.2 Å². The lowest BCUT2D eigenvalue weighted by Gasteiger charge is -2.09. The zero-order chi connectivity index (χ0) is 21.3. The van der Waals surface area contributed by atoms with Gasteiger partial charge in [0.25, 0.3) is 15.9 Å². The Balaban J connectivity index is 1.77. The number of nitrogens with zero attached hydrogens (tertiary/aromatic N) is 4. The van der Waals surface area contributed by atoms with Crippen molar-refractivity contribution in [3.8, 4) is 0 Å². The summed E-state index contributed by atoms with van der Waals surface area (Å²) in [5.41, 5.74) is 2.47. The van der Waals surface area contributed by atoms with Crippen LogP contribution in [0.1, 0.15) is 27.6 Å². The Morgan fingerprint density at radius 2 is 1.66 bits per heavy atom. The Kier molecular flexibility index (Phi) is 5.58. The molecule has 11 heteroatoms. The number of amides is 1. The number of aryl methyl sites for hydroxylation is 4. The molecule has 2 N–H and O–H groups in total. The average Bonchev–Trinajstić information content (AvgIpc) is 2.86. The quantitative estimate of drug-likeness (QED) is 0.637. The number of benzene rings is 1. The van der Waals surface area contributed by atoms with E-state index in [2.05, 4.69) is 25.1 Å². The van der Waals surface area contributed by atoms with Gasteiger partial charge in [-0.25, -0.2) is 23.1 Å². The smallest absolute Gasteiger partial charge is 0.275 e. The van der Waals surface area contributed by atoms with E-state index < -0.39 is 15.9 Å². The standard InChI is InChI=1S/C18H19ClN6O3S/c1-10-9-11(2)21-18(20-10)24-29(27,28)14-7-5-13(6-8-14)22-17(26)16-15(19)12(3)23-25(16)4/h5-9H,1-4H3,(H,22,26)(H,20,21,24). The van der Waals surface area contributed by atoms with Crippen molar-refractivity contribution in [1.82, 2.24) is 19.7 Å². The van der Waals surface area contributed by atoms with Crippen LogP contribution in [0.5, 0.6) is 0 Å². The molecule has 3 aromatic rings. The predicted molar refractivity (Wildman–Crippen MR) is 110 cm³/mol. The largest absolute Gasteiger partial charge is 0.321 e. The molecule has 3 rings (SSSR count). The molecule has 1 aromatic carbocycles. The van der Waals surface area contributed by atoms with Gasteiger partial charge in [-0.2, -0.15) is 5.10 Å². The molecule has 0 radical (unpaired) electrons. The van der Waals surface area contributed by atoms with Crippen LogP contribution in [0.3, 0.4) is 0 Å². The summed E-state index contributed by atoms with van der Waals surface area (Å²) in [6.07, 6.45) is 0. The van der Waals surface area contributed by atoms with Gasteiger partial charge in [0.1, 0.15) is 5.69 Å². The van der Waals surface area contributed by atoms with Crippen LogP contribution in [0.15, 0.2) is 35.2 Å². The summed E-state index contributed by atoms with van der Waals surface area (Å²) in [5.74, 6) is -0.448. The van der Waals surface area contributed by atoms with Crippen molar-refractivity contribution in [3.63, 3.8) is 0 Å². The van der Waals surface area contributed by atoms with Gasteiger partial charge >= 0.3 is 0 Å². The normalized spacial score (nSPS) is 11.3. The monoisotopic (exact) mass is 434 g/mol. The second-order valence-corrected chi connectivity index (χ2v) is 8.49. The van der Waals surface area contributed by atoms with Crippen LogP contribution in [0.2, 0.25) is 5.02 Å². The number of carbonyl (C=O) groups is 1. The lowest BCUT2D eigenvalue weighted by molar-refractivity contribution is 0.101. The van der Waals surface area contributed by atoms with Crippen molar-refractivity contribution in [2.75, 3.05) is 10.0 Å². The van der Waals surface area contributed by atoms with Gasteiger partial charge in [-0.3, -0.25) is 9.48 Å². The van der Waals surface area contributed by atoms with Gasteiger partial charge in [0, 0.05) is 24.1 Å². The molecule has 0 aliphatic heterocycles. The van der Waals surface area contributed by atoms with E-state index in [0.29, 0.717) is 22.8 Å². The number of halogens is 1. The van der Waals surface area contributed by atoms with Crippen molar-refractivity contribution in [3.05, 3.63) is 58.1 Å². The van der Waals surface area contributed by atoms with Gasteiger partial charge < -0.3 is 5.32 Å². The number of nitrogens with one attached hydrogen (secondary N) is 2. The summed E-state index contributed by atoms with van der Waals surface area (Å²) in [6, 6.07) is 7.44. The molecule has 0 spiro atoms. The minimum Gasteiger partial charge on any atom is -0.321 e. The van der Waals surface area contributed by atoms with Crippen LogP contribution in [0, 0.1) is 20.8 Å². The van der Waals surface area contributed by atoms with Crippen molar-refractivity contribution in [2.45, 2.75) is 25.7 Å². The first-order valence-corrected chi connectivity index (χ1v) is 10.4. The van der Waals surface area contributed by atoms with Crippen LogP contribution in [-0.4, -0.2) is 34.1 Å². The van der Waals surface area contributed by atoms with E-state index in [1.165, 1.54) is 28.9 Å². The summed E-state index contributed by atoms with van der Waals surface area (Å²) in [4.78, 5) is 20.6. The first-order chi connectivity index (χ1) is 13.6. The molecule has 2 heterocycles. The van der Waals surface area contributed by atoms with Crippen molar-refractivity contribution < 1.29 is 13.2 Å². The number of carbonyl (C=O) groups excluding carboxylic acids is 1. The number of aromatic nitrogens is 4. The molecule has 1 amide bonds. The van der Waals surface area contributed by atoms with E-state index in [9.17, 15) is 13.2 Å². The van der Waals surface area contributed by atoms with Crippen LogP contribution in [-0.2, 0) is 17.1 Å². The van der Waals surface area contributed by atoms with E-state index in [1.54, 1.807) is 33.9 Å². The Bertz CT molecular complexity index is 1170. The summed E-state index contributed by atoms with van der Waals surface area (Å²) in [6.45, 7) is 5.20. The van der Waals surface area contributed by atoms with Crippen LogP contribution < -0.4 is 10.0 Å². The lowest BCUT2D eigenvalue weighted by Crippen LogP contribution is -2.17. The van der Waals surface area contributed by atoms with Crippen LogP contribution in [0.4, 0.5) is 11.6 Å². The third-order valence-corrected chi connectivity index (χ3v) is 5.79. The molecule has 2 aromatic heterocycles. The molecular formula is C18H19ClN6O3S. The highest BCUT2D eigenvalue weighted by Gasteiger charge is 2.20. The maximum absolute atomic E-state index is 12.6. The summed E-state index contributed by atoms with van der Waals surface area (Å²) < 4.78 is 28.9. The molecule has 29 heavy (non-hydrogen) atoms. The summed E-state index contributed by atoms with van der Waals surface area (Å²) in [7, 11) is -2.26. The molecule has 0 unspecified atom stereocenters. The number of hydrogen-bond acceptors (Lipinski definition) is 6. The second-order valence-electron chi connectivity index (χ2n) is 6.43. The molecule has 152 valence electrons. The summed E-state index contributed by atoms with van der Waals surface area (Å²) >= 11 is 6.12. The van der Waals surface area contributed by atoms with Gasteiger partial charge in [-0.05, 0) is 51.1 Å². The minimum atomic E-state index is -3.88. The molecule has 0 bridgehead atoms. The first-order valence-electron chi connectivity index (χ1n) is 8.52. The van der Waals surface area contributed by atoms with E-state index in [1.807, 2.05) is 0 Å². The molecular weight excluding hydrogens is 416 g/mol. The predicted octanol–water partition coefficient (Wildman–Crippen LogP) is 2.84. The van der Waals surface area contributed by atoms with Crippen LogP contribution >= 0.6 is 11.6 Å². The van der Waals surface area contributed by atoms with E-state index >= 15 is 0 Å². The molecule has 0 saturated heterocycles. The van der Waals surface area contributed by atoms with Gasteiger partial charge in [-0.15, -0.1) is 0 Å². The highest BCUT2D eigenvalue weighted by Crippen LogP contribution is 2.22. The highest BCUT2D eigenvalue weighted by atomic mass is 35.5. The van der Waals surface area contributed by atoms with Crippen molar-refractivity contribution in [1.29, 1.82) is 0 Å². The minimum absolute atomic E-state index is 0.00102. The fraction of sp³-hybridized carbons (Fsp3) is 0.222. The average molecular weight is 435 g/mol. The molecule has 0 aliphatic rings. The van der Waals surface area contributed by atoms with Gasteiger partial charge in [0.2, 0.25) is 5.95 Å². The Labute approximate surface area is 173 Å². The molecule has 0 fully saturated rings. The van der Waals surface area contributed by atoms with Gasteiger partial charge in [0.15, 0.2) is 0 Å². The zero-order valence-electron chi connectivity index (χ0n) is 16.2. The number of rotatable bonds is 5. The lowest BCUT2D eigenvalue weighted by atomic mass is 10.3. The van der Waals surface area contributed by atoms with E-state index in [4.69, 9.17) is 11.6 Å². The van der Waals surface area contributed by atoms with Gasteiger partial charge in [-0.1, -0.05) is 11.6 Å². The maximum atomic E-state index is 12.6. The van der Waals surface area contributed by atoms with E-state index in [0.717, 1.165) is 0 Å². The fourth-order valence-corrected chi connectivity index (χ4v) is 3.93. The van der Waals surface area contributed by atoms with Crippen molar-refractivity contribution in [2.24, 2.45) is 7.05 Å². The number of hydrogen-bond donors (Lipinski definition) is 2. The van der Waals surface area contributed by atoms with Crippen LogP contribution in [0.25, 0.3) is 0 Å².